The van der Waals surface area contributed by atoms with E-state index in [-0.39, 0.29) is 5.97 Å². The summed E-state index contributed by atoms with van der Waals surface area (Å²) in [5.41, 5.74) is 5.35. The van der Waals surface area contributed by atoms with Gasteiger partial charge in [-0.3, -0.25) is 0 Å². The second-order valence-electron chi connectivity index (χ2n) is 6.74. The minimum Gasteiger partial charge on any atom is -0.465 e. The number of rotatable bonds is 4. The van der Waals surface area contributed by atoms with E-state index in [4.69, 9.17) is 9.72 Å². The van der Waals surface area contributed by atoms with Gasteiger partial charge in [-0.15, -0.1) is 0 Å². The van der Waals surface area contributed by atoms with E-state index in [0.717, 1.165) is 24.2 Å². The zero-order chi connectivity index (χ0) is 17.9. The van der Waals surface area contributed by atoms with Crippen molar-refractivity contribution in [2.24, 2.45) is 0 Å². The van der Waals surface area contributed by atoms with Crippen LogP contribution in [-0.4, -0.2) is 22.6 Å². The molecule has 4 nitrogen and oxygen atoms in total. The number of ether oxygens (including phenoxy) is 1. The maximum Gasteiger partial charge on any atom is 0.337 e. The number of nitrogens with zero attached hydrogens (tertiary/aromatic N) is 2. The van der Waals surface area contributed by atoms with Crippen LogP contribution in [0.5, 0.6) is 0 Å². The van der Waals surface area contributed by atoms with Crippen molar-refractivity contribution in [1.82, 2.24) is 9.55 Å². The van der Waals surface area contributed by atoms with Crippen LogP contribution in [0.2, 0.25) is 0 Å². The fourth-order valence-electron chi connectivity index (χ4n) is 3.54. The lowest BCUT2D eigenvalue weighted by Gasteiger charge is -2.13. The molecule has 0 N–H and O–H groups in total. The van der Waals surface area contributed by atoms with Gasteiger partial charge < -0.3 is 9.30 Å². The van der Waals surface area contributed by atoms with Crippen LogP contribution in [0.15, 0.2) is 54.9 Å². The topological polar surface area (TPSA) is 44.1 Å². The van der Waals surface area contributed by atoms with Crippen molar-refractivity contribution in [3.63, 3.8) is 0 Å². The summed E-state index contributed by atoms with van der Waals surface area (Å²) in [5, 5.41) is 1.17. The number of methoxy groups -OCH3 is 1. The number of pyridine rings is 1. The maximum absolute atomic E-state index is 11.5. The molecule has 2 aromatic heterocycles. The van der Waals surface area contributed by atoms with Gasteiger partial charge in [-0.1, -0.05) is 18.2 Å². The Morgan fingerprint density at radius 3 is 2.77 bits per heavy atom. The minimum atomic E-state index is -0.311. The van der Waals surface area contributed by atoms with E-state index in [1.807, 2.05) is 18.3 Å². The van der Waals surface area contributed by atoms with Crippen molar-refractivity contribution in [3.05, 3.63) is 71.6 Å². The molecule has 26 heavy (non-hydrogen) atoms. The molecule has 0 aliphatic heterocycles. The molecule has 1 aromatic carbocycles. The molecule has 0 saturated heterocycles. The van der Waals surface area contributed by atoms with Gasteiger partial charge >= 0.3 is 5.97 Å². The van der Waals surface area contributed by atoms with Gasteiger partial charge in [-0.05, 0) is 66.6 Å². The van der Waals surface area contributed by atoms with E-state index in [0.29, 0.717) is 5.56 Å². The smallest absolute Gasteiger partial charge is 0.337 e. The van der Waals surface area contributed by atoms with Crippen molar-refractivity contribution in [2.75, 3.05) is 7.11 Å². The number of esters is 1. The van der Waals surface area contributed by atoms with E-state index < -0.39 is 0 Å². The molecule has 0 spiro atoms. The molecule has 0 bridgehead atoms. The summed E-state index contributed by atoms with van der Waals surface area (Å²) >= 11 is 0. The van der Waals surface area contributed by atoms with E-state index >= 15 is 0 Å². The average Bonchev–Trinajstić information content (AvgIpc) is 3.10. The summed E-state index contributed by atoms with van der Waals surface area (Å²) in [6.45, 7) is 0.722. The lowest BCUT2D eigenvalue weighted by atomic mass is 9.94. The fourth-order valence-corrected chi connectivity index (χ4v) is 3.54. The molecule has 0 amide bonds. The third kappa shape index (κ3) is 3.27. The Morgan fingerprint density at radius 1 is 1.19 bits per heavy atom. The first-order valence-corrected chi connectivity index (χ1v) is 9.06. The Hall–Kier alpha value is -2.88. The Kier molecular flexibility index (Phi) is 4.57. The first-order chi connectivity index (χ1) is 12.7. The van der Waals surface area contributed by atoms with Crippen LogP contribution in [0, 0.1) is 0 Å². The quantitative estimate of drug-likeness (QED) is 0.636. The van der Waals surface area contributed by atoms with E-state index in [2.05, 4.69) is 29.0 Å². The Morgan fingerprint density at radius 2 is 2.04 bits per heavy atom. The number of carbonyl (C=O) groups is 1. The number of hydrogen-bond acceptors (Lipinski definition) is 3. The van der Waals surface area contributed by atoms with Crippen LogP contribution < -0.4 is 0 Å². The normalized spacial score (nSPS) is 14.3. The molecule has 1 aliphatic rings. The second-order valence-corrected chi connectivity index (χ2v) is 6.74. The summed E-state index contributed by atoms with van der Waals surface area (Å²) in [5.74, 6) is -0.311. The summed E-state index contributed by atoms with van der Waals surface area (Å²) in [6.07, 6.45) is 11.3. The van der Waals surface area contributed by atoms with Gasteiger partial charge in [0.1, 0.15) is 5.65 Å². The zero-order valence-corrected chi connectivity index (χ0v) is 14.9. The number of carbonyl (C=O) groups excluding carboxylic acids is 1. The van der Waals surface area contributed by atoms with Gasteiger partial charge in [-0.25, -0.2) is 9.78 Å². The van der Waals surface area contributed by atoms with Gasteiger partial charge in [0, 0.05) is 24.3 Å². The van der Waals surface area contributed by atoms with Gasteiger partial charge in [0.25, 0.3) is 0 Å². The zero-order valence-electron chi connectivity index (χ0n) is 14.9. The molecule has 0 saturated carbocycles. The molecule has 4 heteroatoms. The van der Waals surface area contributed by atoms with Crippen molar-refractivity contribution >= 4 is 22.6 Å². The second kappa shape index (κ2) is 7.16. The summed E-state index contributed by atoms with van der Waals surface area (Å²) < 4.78 is 6.88. The highest BCUT2D eigenvalue weighted by Crippen LogP contribution is 2.28. The van der Waals surface area contributed by atoms with Crippen molar-refractivity contribution in [1.29, 1.82) is 0 Å². The molecule has 132 valence electrons. The first kappa shape index (κ1) is 16.6. The van der Waals surface area contributed by atoms with Crippen molar-refractivity contribution in [3.8, 4) is 0 Å². The third-order valence-electron chi connectivity index (χ3n) is 4.99. The van der Waals surface area contributed by atoms with Crippen LogP contribution in [-0.2, 0) is 11.3 Å². The standard InChI is InChI=1S/C22H22N2O2/c1-26-22(25)18-9-7-16(8-10-18)15-24-12-11-19-13-20(14-23-21(19)24)17-5-3-2-4-6-17/h5,7-14H,2-4,6,15H2,1H3. The number of aromatic nitrogens is 2. The molecule has 4 rings (SSSR count). The van der Waals surface area contributed by atoms with Crippen LogP contribution in [0.4, 0.5) is 0 Å². The summed E-state index contributed by atoms with van der Waals surface area (Å²) in [7, 11) is 1.39. The summed E-state index contributed by atoms with van der Waals surface area (Å²) in [6, 6.07) is 11.9. The van der Waals surface area contributed by atoms with Crippen molar-refractivity contribution < 1.29 is 9.53 Å². The molecule has 1 aliphatic carbocycles. The molecule has 0 fully saturated rings. The van der Waals surface area contributed by atoms with Gasteiger partial charge in [0.2, 0.25) is 0 Å². The molecule has 3 aromatic rings. The SMILES string of the molecule is COC(=O)c1ccc(Cn2ccc3cc(C4=CCCCC4)cnc32)cc1. The van der Waals surface area contributed by atoms with Gasteiger partial charge in [0.05, 0.1) is 12.7 Å². The monoisotopic (exact) mass is 346 g/mol. The van der Waals surface area contributed by atoms with E-state index in [1.165, 1.54) is 42.9 Å². The average molecular weight is 346 g/mol. The summed E-state index contributed by atoms with van der Waals surface area (Å²) in [4.78, 5) is 16.3. The molecular weight excluding hydrogens is 324 g/mol. The molecule has 2 heterocycles. The van der Waals surface area contributed by atoms with Crippen LogP contribution >= 0.6 is 0 Å². The van der Waals surface area contributed by atoms with Crippen molar-refractivity contribution in [2.45, 2.75) is 32.2 Å². The van der Waals surface area contributed by atoms with E-state index in [1.54, 1.807) is 12.1 Å². The number of benzene rings is 1. The lowest BCUT2D eigenvalue weighted by molar-refractivity contribution is 0.0600. The van der Waals surface area contributed by atoms with Gasteiger partial charge in [0.15, 0.2) is 0 Å². The number of allylic oxidation sites excluding steroid dienone is 2. The molecule has 0 unspecified atom stereocenters. The Labute approximate surface area is 153 Å². The highest BCUT2D eigenvalue weighted by atomic mass is 16.5. The largest absolute Gasteiger partial charge is 0.465 e. The lowest BCUT2D eigenvalue weighted by Crippen LogP contribution is -2.03. The molecule has 0 radical (unpaired) electrons. The molecule has 0 atom stereocenters. The number of hydrogen-bond donors (Lipinski definition) is 0. The Bertz CT molecular complexity index is 967. The van der Waals surface area contributed by atoms with Crippen LogP contribution in [0.3, 0.4) is 0 Å². The van der Waals surface area contributed by atoms with Gasteiger partial charge in [-0.2, -0.15) is 0 Å². The highest BCUT2D eigenvalue weighted by molar-refractivity contribution is 5.89. The third-order valence-corrected chi connectivity index (χ3v) is 4.99. The maximum atomic E-state index is 11.5. The Balaban J connectivity index is 1.57. The van der Waals surface area contributed by atoms with Crippen LogP contribution in [0.1, 0.15) is 47.2 Å². The first-order valence-electron chi connectivity index (χ1n) is 9.06. The minimum absolute atomic E-state index is 0.311. The fraction of sp³-hybridized carbons (Fsp3) is 0.273. The molecular formula is C22H22N2O2. The highest BCUT2D eigenvalue weighted by Gasteiger charge is 2.10. The van der Waals surface area contributed by atoms with Crippen LogP contribution in [0.25, 0.3) is 16.6 Å². The van der Waals surface area contributed by atoms with E-state index in [9.17, 15) is 4.79 Å². The predicted molar refractivity (Wildman–Crippen MR) is 103 cm³/mol. The number of fused-ring (bicyclic) bond motifs is 1. The predicted octanol–water partition coefficient (Wildman–Crippen LogP) is 4.83.